The molecular formula is C19H26BrN2O6P. The minimum absolute atomic E-state index is 0.161. The van der Waals surface area contributed by atoms with Crippen LogP contribution < -0.4 is 19.9 Å². The molecule has 4 N–H and O–H groups in total. The monoisotopic (exact) mass is 488 g/mol. The smallest absolute Gasteiger partial charge is 0.462 e. The summed E-state index contributed by atoms with van der Waals surface area (Å²) in [7, 11) is -3.00. The van der Waals surface area contributed by atoms with E-state index in [2.05, 4.69) is 21.0 Å². The second-order valence-corrected chi connectivity index (χ2v) is 8.55. The second kappa shape index (κ2) is 11.8. The summed E-state index contributed by atoms with van der Waals surface area (Å²) in [5.74, 6) is -0.0999. The van der Waals surface area contributed by atoms with Crippen molar-refractivity contribution in [1.82, 2.24) is 5.09 Å². The van der Waals surface area contributed by atoms with E-state index in [1.165, 1.54) is 6.92 Å². The second-order valence-electron chi connectivity index (χ2n) is 6.01. The molecule has 0 aliphatic carbocycles. The van der Waals surface area contributed by atoms with Gasteiger partial charge in [0, 0.05) is 11.6 Å². The molecule has 0 saturated carbocycles. The van der Waals surface area contributed by atoms with Gasteiger partial charge in [-0.3, -0.25) is 4.79 Å². The molecule has 0 heterocycles. The maximum Gasteiger partial charge on any atom is 0.513 e. The average molecular weight is 489 g/mol. The largest absolute Gasteiger partial charge is 0.513 e. The van der Waals surface area contributed by atoms with E-state index in [-0.39, 0.29) is 17.5 Å². The Hall–Kier alpha value is -2.06. The van der Waals surface area contributed by atoms with Gasteiger partial charge in [-0.2, -0.15) is 5.09 Å². The van der Waals surface area contributed by atoms with Crippen LogP contribution in [0.1, 0.15) is 20.8 Å². The van der Waals surface area contributed by atoms with Gasteiger partial charge in [0.1, 0.15) is 11.8 Å². The first-order chi connectivity index (χ1) is 13.7. The lowest BCUT2D eigenvalue weighted by Crippen LogP contribution is -2.36. The quantitative estimate of drug-likeness (QED) is 0.288. The van der Waals surface area contributed by atoms with Crippen LogP contribution >= 0.6 is 23.7 Å². The Morgan fingerprint density at radius 1 is 1.10 bits per heavy atom. The highest BCUT2D eigenvalue weighted by atomic mass is 79.9. The number of carbonyl (C=O) groups is 1. The Balaban J connectivity index is 0.00000204. The van der Waals surface area contributed by atoms with Crippen molar-refractivity contribution in [1.29, 1.82) is 0 Å². The topological polar surface area (TPSA) is 120 Å². The number of benzene rings is 2. The zero-order valence-electron chi connectivity index (χ0n) is 16.7. The maximum atomic E-state index is 13.4. The molecule has 0 radical (unpaired) electrons. The fourth-order valence-electron chi connectivity index (χ4n) is 2.05. The van der Waals surface area contributed by atoms with Gasteiger partial charge in [0.15, 0.2) is 5.75 Å². The van der Waals surface area contributed by atoms with Gasteiger partial charge >= 0.3 is 13.7 Å². The normalized spacial score (nSPS) is 13.5. The number of nitrogen functional groups attached to an aromatic ring is 1. The van der Waals surface area contributed by atoms with Crippen molar-refractivity contribution in [3.8, 4) is 11.5 Å². The van der Waals surface area contributed by atoms with E-state index in [1.54, 1.807) is 62.4 Å². The molecule has 29 heavy (non-hydrogen) atoms. The molecule has 0 spiro atoms. The number of hydrogen-bond donors (Lipinski definition) is 3. The Morgan fingerprint density at radius 2 is 1.72 bits per heavy atom. The first-order valence-electron chi connectivity index (χ1n) is 8.71. The van der Waals surface area contributed by atoms with Gasteiger partial charge in [0.25, 0.3) is 0 Å². The number of hydrogen-bond acceptors (Lipinski definition) is 7. The van der Waals surface area contributed by atoms with Gasteiger partial charge in [-0.1, -0.05) is 34.1 Å². The standard InChI is InChI=1S/C18H22BrN2O5P.CH4O/c1-12(2)24-18(22)13(3)21-27(23,25-15-7-5-4-6-8-15)26-17-10-9-14(19)11-16(17)20;1-2/h4-13H,20H2,1-3H3,(H,21,23);2H,1H3/t13-,27?;/m0./s1. The Kier molecular flexibility index (Phi) is 10.2. The van der Waals surface area contributed by atoms with Crippen LogP contribution in [0.2, 0.25) is 0 Å². The van der Waals surface area contributed by atoms with Crippen LogP contribution in [0, 0.1) is 0 Å². The van der Waals surface area contributed by atoms with Crippen LogP contribution in [0.3, 0.4) is 0 Å². The SMILES string of the molecule is CC(C)OC(=O)[C@H](C)NP(=O)(Oc1ccccc1)Oc1ccc(Br)cc1N.CO. The zero-order chi connectivity index (χ0) is 22.0. The number of nitrogens with one attached hydrogen (secondary N) is 1. The van der Waals surface area contributed by atoms with Gasteiger partial charge in [0.05, 0.1) is 11.8 Å². The summed E-state index contributed by atoms with van der Waals surface area (Å²) in [6, 6.07) is 12.4. The number of esters is 1. The molecule has 0 aliphatic heterocycles. The van der Waals surface area contributed by atoms with Gasteiger partial charge in [-0.25, -0.2) is 4.57 Å². The van der Waals surface area contributed by atoms with E-state index in [9.17, 15) is 9.36 Å². The predicted molar refractivity (Wildman–Crippen MR) is 116 cm³/mol. The Bertz CT molecular complexity index is 835. The third-order valence-electron chi connectivity index (χ3n) is 3.22. The summed E-state index contributed by atoms with van der Waals surface area (Å²) in [6.45, 7) is 4.97. The number of carbonyl (C=O) groups excluding carboxylic acids is 1. The highest BCUT2D eigenvalue weighted by Gasteiger charge is 2.34. The molecule has 0 amide bonds. The van der Waals surface area contributed by atoms with Crippen molar-refractivity contribution >= 4 is 35.3 Å². The lowest BCUT2D eigenvalue weighted by atomic mass is 10.3. The summed E-state index contributed by atoms with van der Waals surface area (Å²) in [5, 5.41) is 9.61. The van der Waals surface area contributed by atoms with E-state index < -0.39 is 19.8 Å². The van der Waals surface area contributed by atoms with Crippen molar-refractivity contribution in [2.75, 3.05) is 12.8 Å². The van der Waals surface area contributed by atoms with E-state index in [0.717, 1.165) is 11.6 Å². The molecule has 1 unspecified atom stereocenters. The molecule has 2 aromatic carbocycles. The third-order valence-corrected chi connectivity index (χ3v) is 5.30. The van der Waals surface area contributed by atoms with Crippen molar-refractivity contribution in [2.24, 2.45) is 0 Å². The number of ether oxygens (including phenoxy) is 1. The molecule has 10 heteroatoms. The summed E-state index contributed by atoms with van der Waals surface area (Å²) in [5.41, 5.74) is 6.19. The van der Waals surface area contributed by atoms with Gasteiger partial charge < -0.3 is 24.6 Å². The average Bonchev–Trinajstić information content (AvgIpc) is 2.66. The molecule has 0 bridgehead atoms. The summed E-state index contributed by atoms with van der Waals surface area (Å²) >= 11 is 3.30. The maximum absolute atomic E-state index is 13.4. The summed E-state index contributed by atoms with van der Waals surface area (Å²) < 4.78 is 30.4. The van der Waals surface area contributed by atoms with Crippen LogP contribution in [0.4, 0.5) is 5.69 Å². The molecule has 160 valence electrons. The number of anilines is 1. The van der Waals surface area contributed by atoms with Crippen LogP contribution in [0.5, 0.6) is 11.5 Å². The molecule has 0 aromatic heterocycles. The molecular weight excluding hydrogens is 463 g/mol. The minimum atomic E-state index is -4.00. The summed E-state index contributed by atoms with van der Waals surface area (Å²) in [4.78, 5) is 12.1. The molecule has 2 aromatic rings. The highest BCUT2D eigenvalue weighted by Crippen LogP contribution is 2.47. The third kappa shape index (κ3) is 8.45. The van der Waals surface area contributed by atoms with Crippen molar-refractivity contribution < 1.29 is 28.3 Å². The zero-order valence-corrected chi connectivity index (χ0v) is 19.1. The van der Waals surface area contributed by atoms with Crippen molar-refractivity contribution in [2.45, 2.75) is 32.9 Å². The molecule has 0 saturated heterocycles. The van der Waals surface area contributed by atoms with Crippen LogP contribution in [0.15, 0.2) is 53.0 Å². The van der Waals surface area contributed by atoms with Crippen molar-refractivity contribution in [3.63, 3.8) is 0 Å². The van der Waals surface area contributed by atoms with Crippen LogP contribution in [-0.2, 0) is 14.1 Å². The van der Waals surface area contributed by atoms with Gasteiger partial charge in [-0.05, 0) is 51.1 Å². The highest BCUT2D eigenvalue weighted by molar-refractivity contribution is 9.10. The minimum Gasteiger partial charge on any atom is -0.462 e. The Morgan fingerprint density at radius 3 is 2.28 bits per heavy atom. The number of para-hydroxylation sites is 1. The first kappa shape index (κ1) is 25.0. The molecule has 8 nitrogen and oxygen atoms in total. The number of aliphatic hydroxyl groups is 1. The van der Waals surface area contributed by atoms with Gasteiger partial charge in [0.2, 0.25) is 0 Å². The van der Waals surface area contributed by atoms with Crippen LogP contribution in [-0.4, -0.2) is 30.3 Å². The van der Waals surface area contributed by atoms with Crippen LogP contribution in [0.25, 0.3) is 0 Å². The summed E-state index contributed by atoms with van der Waals surface area (Å²) in [6.07, 6.45) is -0.306. The fourth-order valence-corrected chi connectivity index (χ4v) is 3.97. The fraction of sp³-hybridized carbons (Fsp3) is 0.316. The lowest BCUT2D eigenvalue weighted by Gasteiger charge is -2.24. The van der Waals surface area contributed by atoms with E-state index >= 15 is 0 Å². The Labute approximate surface area is 179 Å². The number of rotatable bonds is 8. The number of nitrogens with two attached hydrogens (primary N) is 1. The number of aliphatic hydroxyl groups excluding tert-OH is 1. The van der Waals surface area contributed by atoms with E-state index in [0.29, 0.717) is 5.75 Å². The molecule has 2 rings (SSSR count). The molecule has 2 atom stereocenters. The van der Waals surface area contributed by atoms with E-state index in [4.69, 9.17) is 24.6 Å². The number of halogens is 1. The van der Waals surface area contributed by atoms with E-state index in [1.807, 2.05) is 0 Å². The molecule has 0 aliphatic rings. The molecule has 0 fully saturated rings. The lowest BCUT2D eigenvalue weighted by molar-refractivity contribution is -0.149. The first-order valence-corrected chi connectivity index (χ1v) is 11.0. The van der Waals surface area contributed by atoms with Crippen molar-refractivity contribution in [3.05, 3.63) is 53.0 Å². The van der Waals surface area contributed by atoms with Gasteiger partial charge in [-0.15, -0.1) is 0 Å². The predicted octanol–water partition coefficient (Wildman–Crippen LogP) is 4.14.